The van der Waals surface area contributed by atoms with Gasteiger partial charge in [-0.3, -0.25) is 0 Å². The summed E-state index contributed by atoms with van der Waals surface area (Å²) in [4.78, 5) is 5.18. The highest BCUT2D eigenvalue weighted by Crippen LogP contribution is 2.29. The fourth-order valence-corrected chi connectivity index (χ4v) is 3.10. The van der Waals surface area contributed by atoms with Crippen molar-refractivity contribution < 1.29 is 4.74 Å². The maximum atomic E-state index is 5.66. The highest BCUT2D eigenvalue weighted by Gasteiger charge is 2.36. The standard InChI is InChI=1S/C14H29N3O/c1-3-15-11-14(5-10-18-13-14)12-17-8-6-16(4-2)7-9-17/h15H,3-13H2,1-2H3. The van der Waals surface area contributed by atoms with Gasteiger partial charge in [-0.2, -0.15) is 0 Å². The molecule has 2 aliphatic heterocycles. The quantitative estimate of drug-likeness (QED) is 0.754. The number of piperazine rings is 1. The smallest absolute Gasteiger partial charge is 0.0547 e. The second-order valence-electron chi connectivity index (χ2n) is 5.79. The molecule has 2 heterocycles. The Kier molecular flexibility index (Phi) is 5.42. The molecule has 0 aromatic carbocycles. The van der Waals surface area contributed by atoms with Crippen molar-refractivity contribution in [3.05, 3.63) is 0 Å². The fraction of sp³-hybridized carbons (Fsp3) is 1.00. The van der Waals surface area contributed by atoms with E-state index in [9.17, 15) is 0 Å². The molecule has 106 valence electrons. The zero-order valence-electron chi connectivity index (χ0n) is 12.1. The van der Waals surface area contributed by atoms with E-state index in [4.69, 9.17) is 4.74 Å². The van der Waals surface area contributed by atoms with Crippen LogP contribution in [0.5, 0.6) is 0 Å². The van der Waals surface area contributed by atoms with Crippen LogP contribution in [0.4, 0.5) is 0 Å². The Balaban J connectivity index is 1.82. The molecule has 4 heteroatoms. The predicted molar refractivity (Wildman–Crippen MR) is 75.0 cm³/mol. The Bertz CT molecular complexity index is 233. The van der Waals surface area contributed by atoms with E-state index in [0.717, 1.165) is 26.3 Å². The highest BCUT2D eigenvalue weighted by atomic mass is 16.5. The molecule has 1 unspecified atom stereocenters. The first kappa shape index (κ1) is 14.3. The van der Waals surface area contributed by atoms with E-state index < -0.39 is 0 Å². The van der Waals surface area contributed by atoms with Gasteiger partial charge in [0.25, 0.3) is 0 Å². The Morgan fingerprint density at radius 2 is 1.83 bits per heavy atom. The maximum absolute atomic E-state index is 5.66. The van der Waals surface area contributed by atoms with Gasteiger partial charge in [0.2, 0.25) is 0 Å². The summed E-state index contributed by atoms with van der Waals surface area (Å²) in [6, 6.07) is 0. The molecule has 4 nitrogen and oxygen atoms in total. The van der Waals surface area contributed by atoms with Gasteiger partial charge in [0.1, 0.15) is 0 Å². The van der Waals surface area contributed by atoms with E-state index in [-0.39, 0.29) is 0 Å². The number of rotatable bonds is 6. The van der Waals surface area contributed by atoms with Crippen molar-refractivity contribution in [3.63, 3.8) is 0 Å². The Morgan fingerprint density at radius 1 is 1.11 bits per heavy atom. The largest absolute Gasteiger partial charge is 0.381 e. The first-order chi connectivity index (χ1) is 8.78. The molecular formula is C14H29N3O. The summed E-state index contributed by atoms with van der Waals surface area (Å²) in [6.07, 6.45) is 1.22. The van der Waals surface area contributed by atoms with Gasteiger partial charge in [-0.1, -0.05) is 13.8 Å². The van der Waals surface area contributed by atoms with Crippen molar-refractivity contribution >= 4 is 0 Å². The van der Waals surface area contributed by atoms with Crippen LogP contribution in [-0.4, -0.2) is 75.4 Å². The van der Waals surface area contributed by atoms with Crippen molar-refractivity contribution in [1.82, 2.24) is 15.1 Å². The molecule has 0 bridgehead atoms. The van der Waals surface area contributed by atoms with Gasteiger partial charge in [-0.05, 0) is 19.5 Å². The number of nitrogens with one attached hydrogen (secondary N) is 1. The lowest BCUT2D eigenvalue weighted by molar-refractivity contribution is 0.0732. The molecule has 0 spiro atoms. The second kappa shape index (κ2) is 6.85. The molecule has 2 fully saturated rings. The number of ether oxygens (including phenoxy) is 1. The van der Waals surface area contributed by atoms with E-state index >= 15 is 0 Å². The second-order valence-corrected chi connectivity index (χ2v) is 5.79. The van der Waals surface area contributed by atoms with E-state index in [0.29, 0.717) is 5.41 Å². The lowest BCUT2D eigenvalue weighted by atomic mass is 9.86. The van der Waals surface area contributed by atoms with Crippen LogP contribution in [0.1, 0.15) is 20.3 Å². The topological polar surface area (TPSA) is 27.7 Å². The van der Waals surface area contributed by atoms with E-state index in [1.54, 1.807) is 0 Å². The van der Waals surface area contributed by atoms with Gasteiger partial charge in [0.05, 0.1) is 6.61 Å². The van der Waals surface area contributed by atoms with E-state index in [1.165, 1.54) is 45.7 Å². The molecule has 2 aliphatic rings. The summed E-state index contributed by atoms with van der Waals surface area (Å²) in [7, 11) is 0. The first-order valence-electron chi connectivity index (χ1n) is 7.51. The van der Waals surface area contributed by atoms with Gasteiger partial charge >= 0.3 is 0 Å². The molecular weight excluding hydrogens is 226 g/mol. The summed E-state index contributed by atoms with van der Waals surface area (Å²) < 4.78 is 5.66. The number of likely N-dealkylation sites (N-methyl/N-ethyl adjacent to an activating group) is 1. The molecule has 0 radical (unpaired) electrons. The molecule has 0 amide bonds. The molecule has 0 aromatic rings. The van der Waals surface area contributed by atoms with Gasteiger partial charge in [0, 0.05) is 51.3 Å². The summed E-state index contributed by atoms with van der Waals surface area (Å²) in [5.74, 6) is 0. The summed E-state index contributed by atoms with van der Waals surface area (Å²) >= 11 is 0. The van der Waals surface area contributed by atoms with Crippen molar-refractivity contribution in [2.45, 2.75) is 20.3 Å². The highest BCUT2D eigenvalue weighted by molar-refractivity contribution is 4.89. The van der Waals surface area contributed by atoms with E-state index in [2.05, 4.69) is 29.0 Å². The normalized spacial score (nSPS) is 31.0. The van der Waals surface area contributed by atoms with Crippen LogP contribution in [-0.2, 0) is 4.74 Å². The van der Waals surface area contributed by atoms with Crippen LogP contribution < -0.4 is 5.32 Å². The number of hydrogen-bond donors (Lipinski definition) is 1. The minimum absolute atomic E-state index is 0.365. The Morgan fingerprint density at radius 3 is 2.39 bits per heavy atom. The third kappa shape index (κ3) is 3.67. The van der Waals surface area contributed by atoms with Crippen LogP contribution in [0.15, 0.2) is 0 Å². The molecule has 18 heavy (non-hydrogen) atoms. The molecule has 1 atom stereocenters. The van der Waals surface area contributed by atoms with Crippen LogP contribution >= 0.6 is 0 Å². The number of hydrogen-bond acceptors (Lipinski definition) is 4. The number of nitrogens with zero attached hydrogens (tertiary/aromatic N) is 2. The van der Waals surface area contributed by atoms with Gasteiger partial charge in [0.15, 0.2) is 0 Å². The van der Waals surface area contributed by atoms with Gasteiger partial charge in [-0.25, -0.2) is 0 Å². The predicted octanol–water partition coefficient (Wildman–Crippen LogP) is 0.640. The lowest BCUT2D eigenvalue weighted by Gasteiger charge is -2.39. The molecule has 1 N–H and O–H groups in total. The van der Waals surface area contributed by atoms with Crippen molar-refractivity contribution in [2.75, 3.05) is 65.6 Å². The summed E-state index contributed by atoms with van der Waals surface area (Å²) in [6.45, 7) is 15.8. The zero-order chi connectivity index (χ0) is 12.8. The van der Waals surface area contributed by atoms with Crippen molar-refractivity contribution in [3.8, 4) is 0 Å². The fourth-order valence-electron chi connectivity index (χ4n) is 3.10. The summed E-state index contributed by atoms with van der Waals surface area (Å²) in [5, 5.41) is 3.52. The lowest BCUT2D eigenvalue weighted by Crippen LogP contribution is -2.52. The third-order valence-corrected chi connectivity index (χ3v) is 4.41. The van der Waals surface area contributed by atoms with Crippen LogP contribution in [0, 0.1) is 5.41 Å². The van der Waals surface area contributed by atoms with E-state index in [1.807, 2.05) is 0 Å². The maximum Gasteiger partial charge on any atom is 0.0547 e. The zero-order valence-corrected chi connectivity index (χ0v) is 12.1. The van der Waals surface area contributed by atoms with Crippen LogP contribution in [0.2, 0.25) is 0 Å². The minimum Gasteiger partial charge on any atom is -0.381 e. The monoisotopic (exact) mass is 255 g/mol. The average Bonchev–Trinajstić information content (AvgIpc) is 2.86. The van der Waals surface area contributed by atoms with Gasteiger partial charge < -0.3 is 19.9 Å². The molecule has 0 aliphatic carbocycles. The van der Waals surface area contributed by atoms with Crippen molar-refractivity contribution in [2.24, 2.45) is 5.41 Å². The Hall–Kier alpha value is -0.160. The average molecular weight is 255 g/mol. The molecule has 2 saturated heterocycles. The minimum atomic E-state index is 0.365. The van der Waals surface area contributed by atoms with Crippen LogP contribution in [0.3, 0.4) is 0 Å². The van der Waals surface area contributed by atoms with Crippen molar-refractivity contribution in [1.29, 1.82) is 0 Å². The third-order valence-electron chi connectivity index (χ3n) is 4.41. The van der Waals surface area contributed by atoms with Crippen LogP contribution in [0.25, 0.3) is 0 Å². The molecule has 0 aromatic heterocycles. The van der Waals surface area contributed by atoms with Gasteiger partial charge in [-0.15, -0.1) is 0 Å². The summed E-state index contributed by atoms with van der Waals surface area (Å²) in [5.41, 5.74) is 0.365. The first-order valence-corrected chi connectivity index (χ1v) is 7.51. The molecule has 0 saturated carbocycles. The molecule has 2 rings (SSSR count). The SMILES string of the molecule is CCNCC1(CN2CCN(CC)CC2)CCOC1. The Labute approximate surface area is 112 Å².